The summed E-state index contributed by atoms with van der Waals surface area (Å²) in [5.41, 5.74) is 0.815. The van der Waals surface area contributed by atoms with Gasteiger partial charge in [-0.05, 0) is 6.92 Å². The van der Waals surface area contributed by atoms with E-state index in [1.165, 1.54) is 13.4 Å². The van der Waals surface area contributed by atoms with Gasteiger partial charge >= 0.3 is 5.97 Å². The van der Waals surface area contributed by atoms with E-state index < -0.39 is 6.04 Å². The average molecular weight is 277 g/mol. The fourth-order valence-electron chi connectivity index (χ4n) is 2.33. The molecule has 0 aromatic carbocycles. The van der Waals surface area contributed by atoms with E-state index in [1.807, 2.05) is 17.9 Å². The third kappa shape index (κ3) is 2.07. The molecule has 1 fully saturated rings. The Kier molecular flexibility index (Phi) is 3.23. The number of anilines is 1. The minimum absolute atomic E-state index is 0.296. The van der Waals surface area contributed by atoms with Gasteiger partial charge < -0.3 is 14.4 Å². The molecule has 0 bridgehead atoms. The topological polar surface area (TPSA) is 81.9 Å². The SMILES string of the molecule is COC(=O)C1COCCN1c1cc(C)nc2ncnn12. The molecule has 1 saturated heterocycles. The standard InChI is InChI=1S/C12H15N5O3/c1-8-5-10(17-12(15-8)13-7-14-17)16-3-4-20-6-9(16)11(18)19-2/h5,7,9H,3-4,6H2,1-2H3. The van der Waals surface area contributed by atoms with Crippen LogP contribution in [0.3, 0.4) is 0 Å². The van der Waals surface area contributed by atoms with Crippen LogP contribution in [0, 0.1) is 6.92 Å². The highest BCUT2D eigenvalue weighted by Crippen LogP contribution is 2.21. The minimum atomic E-state index is -0.483. The Morgan fingerprint density at radius 2 is 2.40 bits per heavy atom. The molecule has 1 aliphatic heterocycles. The lowest BCUT2D eigenvalue weighted by atomic mass is 10.2. The Morgan fingerprint density at radius 3 is 3.20 bits per heavy atom. The van der Waals surface area contributed by atoms with Gasteiger partial charge in [-0.3, -0.25) is 0 Å². The molecule has 8 heteroatoms. The van der Waals surface area contributed by atoms with Gasteiger partial charge in [-0.25, -0.2) is 9.78 Å². The molecule has 0 saturated carbocycles. The van der Waals surface area contributed by atoms with Gasteiger partial charge in [0.25, 0.3) is 5.78 Å². The second-order valence-electron chi connectivity index (χ2n) is 4.53. The van der Waals surface area contributed by atoms with Crippen molar-refractivity contribution in [3.8, 4) is 0 Å². The first-order chi connectivity index (χ1) is 9.70. The number of carbonyl (C=O) groups is 1. The zero-order chi connectivity index (χ0) is 14.1. The Bertz CT molecular complexity index is 641. The lowest BCUT2D eigenvalue weighted by Crippen LogP contribution is -2.51. The molecule has 2 aromatic heterocycles. The normalized spacial score (nSPS) is 19.3. The van der Waals surface area contributed by atoms with Crippen molar-refractivity contribution in [1.29, 1.82) is 0 Å². The van der Waals surface area contributed by atoms with Gasteiger partial charge in [0.2, 0.25) is 0 Å². The molecule has 0 amide bonds. The van der Waals surface area contributed by atoms with Gasteiger partial charge in [0.15, 0.2) is 6.04 Å². The van der Waals surface area contributed by atoms with Crippen LogP contribution in [0.25, 0.3) is 5.78 Å². The highest BCUT2D eigenvalue weighted by molar-refractivity contribution is 5.80. The van der Waals surface area contributed by atoms with Crippen molar-refractivity contribution < 1.29 is 14.3 Å². The van der Waals surface area contributed by atoms with Crippen molar-refractivity contribution in [3.63, 3.8) is 0 Å². The van der Waals surface area contributed by atoms with E-state index in [0.717, 1.165) is 11.5 Å². The molecule has 1 aliphatic rings. The second kappa shape index (κ2) is 5.04. The predicted molar refractivity (Wildman–Crippen MR) is 69.5 cm³/mol. The van der Waals surface area contributed by atoms with Crippen LogP contribution in [0.2, 0.25) is 0 Å². The maximum absolute atomic E-state index is 11.9. The van der Waals surface area contributed by atoms with E-state index in [9.17, 15) is 4.79 Å². The number of esters is 1. The van der Waals surface area contributed by atoms with E-state index >= 15 is 0 Å². The molecule has 3 heterocycles. The molecule has 2 aromatic rings. The van der Waals surface area contributed by atoms with Gasteiger partial charge in [0.1, 0.15) is 12.1 Å². The van der Waals surface area contributed by atoms with Gasteiger partial charge in [0, 0.05) is 18.3 Å². The Morgan fingerprint density at radius 1 is 1.55 bits per heavy atom. The van der Waals surface area contributed by atoms with E-state index in [-0.39, 0.29) is 5.97 Å². The number of nitrogens with zero attached hydrogens (tertiary/aromatic N) is 5. The summed E-state index contributed by atoms with van der Waals surface area (Å²) in [4.78, 5) is 22.2. The molecule has 106 valence electrons. The van der Waals surface area contributed by atoms with E-state index in [1.54, 1.807) is 4.52 Å². The lowest BCUT2D eigenvalue weighted by molar-refractivity contribution is -0.144. The number of fused-ring (bicyclic) bond motifs is 1. The molecular formula is C12H15N5O3. The molecule has 0 aliphatic carbocycles. The van der Waals surface area contributed by atoms with Crippen molar-refractivity contribution in [1.82, 2.24) is 19.6 Å². The van der Waals surface area contributed by atoms with Gasteiger partial charge in [-0.15, -0.1) is 0 Å². The largest absolute Gasteiger partial charge is 0.467 e. The number of hydrogen-bond acceptors (Lipinski definition) is 7. The van der Waals surface area contributed by atoms with E-state index in [4.69, 9.17) is 9.47 Å². The van der Waals surface area contributed by atoms with Crippen LogP contribution >= 0.6 is 0 Å². The minimum Gasteiger partial charge on any atom is -0.467 e. The zero-order valence-corrected chi connectivity index (χ0v) is 11.3. The molecule has 0 spiro atoms. The average Bonchev–Trinajstić information content (AvgIpc) is 2.93. The Hall–Kier alpha value is -2.22. The monoisotopic (exact) mass is 277 g/mol. The summed E-state index contributed by atoms with van der Waals surface area (Å²) >= 11 is 0. The summed E-state index contributed by atoms with van der Waals surface area (Å²) in [6.07, 6.45) is 1.44. The number of rotatable bonds is 2. The van der Waals surface area contributed by atoms with Crippen molar-refractivity contribution >= 4 is 17.6 Å². The molecule has 1 atom stereocenters. The Balaban J connectivity index is 2.07. The number of aryl methyl sites for hydroxylation is 1. The van der Waals surface area contributed by atoms with E-state index in [2.05, 4.69) is 15.1 Å². The predicted octanol–water partition coefficient (Wildman–Crippen LogP) is -0.189. The zero-order valence-electron chi connectivity index (χ0n) is 11.3. The highest BCUT2D eigenvalue weighted by atomic mass is 16.5. The summed E-state index contributed by atoms with van der Waals surface area (Å²) < 4.78 is 11.8. The van der Waals surface area contributed by atoms with Crippen molar-refractivity contribution in [3.05, 3.63) is 18.1 Å². The summed E-state index contributed by atoms with van der Waals surface area (Å²) in [5.74, 6) is 0.950. The molecular weight excluding hydrogens is 262 g/mol. The fourth-order valence-corrected chi connectivity index (χ4v) is 2.33. The van der Waals surface area contributed by atoms with Gasteiger partial charge in [-0.2, -0.15) is 14.6 Å². The fraction of sp³-hybridized carbons (Fsp3) is 0.500. The third-order valence-corrected chi connectivity index (χ3v) is 3.26. The first kappa shape index (κ1) is 12.8. The number of aromatic nitrogens is 4. The first-order valence-electron chi connectivity index (χ1n) is 6.30. The van der Waals surface area contributed by atoms with Crippen LogP contribution in [0.15, 0.2) is 12.4 Å². The summed E-state index contributed by atoms with van der Waals surface area (Å²) in [6, 6.07) is 1.39. The quantitative estimate of drug-likeness (QED) is 0.704. The van der Waals surface area contributed by atoms with Crippen molar-refractivity contribution in [2.45, 2.75) is 13.0 Å². The molecule has 0 radical (unpaired) electrons. The molecule has 3 rings (SSSR count). The van der Waals surface area contributed by atoms with Crippen molar-refractivity contribution in [2.24, 2.45) is 0 Å². The van der Waals surface area contributed by atoms with Gasteiger partial charge in [-0.1, -0.05) is 0 Å². The summed E-state index contributed by atoms with van der Waals surface area (Å²) in [6.45, 7) is 3.30. The van der Waals surface area contributed by atoms with Crippen LogP contribution in [0.4, 0.5) is 5.82 Å². The molecule has 20 heavy (non-hydrogen) atoms. The van der Waals surface area contributed by atoms with Crippen LogP contribution in [0.5, 0.6) is 0 Å². The van der Waals surface area contributed by atoms with Crippen LogP contribution in [0.1, 0.15) is 5.69 Å². The number of hydrogen-bond donors (Lipinski definition) is 0. The molecule has 1 unspecified atom stereocenters. The molecule has 8 nitrogen and oxygen atoms in total. The number of carbonyl (C=O) groups excluding carboxylic acids is 1. The summed E-state index contributed by atoms with van der Waals surface area (Å²) in [5, 5.41) is 4.16. The first-order valence-corrected chi connectivity index (χ1v) is 6.30. The second-order valence-corrected chi connectivity index (χ2v) is 4.53. The smallest absolute Gasteiger partial charge is 0.330 e. The van der Waals surface area contributed by atoms with Crippen LogP contribution in [-0.4, -0.2) is 58.5 Å². The van der Waals surface area contributed by atoms with Crippen LogP contribution in [-0.2, 0) is 14.3 Å². The number of morpholine rings is 1. The number of ether oxygens (including phenoxy) is 2. The highest BCUT2D eigenvalue weighted by Gasteiger charge is 2.32. The maximum atomic E-state index is 11.9. The number of methoxy groups -OCH3 is 1. The Labute approximate surface area is 115 Å². The third-order valence-electron chi connectivity index (χ3n) is 3.26. The maximum Gasteiger partial charge on any atom is 0.330 e. The van der Waals surface area contributed by atoms with Gasteiger partial charge in [0.05, 0.1) is 20.3 Å². The lowest BCUT2D eigenvalue weighted by Gasteiger charge is -2.35. The van der Waals surface area contributed by atoms with E-state index in [0.29, 0.717) is 25.5 Å². The van der Waals surface area contributed by atoms with Crippen molar-refractivity contribution in [2.75, 3.05) is 31.8 Å². The molecule has 0 N–H and O–H groups in total. The van der Waals surface area contributed by atoms with Crippen LogP contribution < -0.4 is 4.90 Å². The summed E-state index contributed by atoms with van der Waals surface area (Å²) in [7, 11) is 1.37.